The fourth-order valence-corrected chi connectivity index (χ4v) is 4.92. The number of carbonyl (C=O) groups excluding carboxylic acids is 3. The number of likely N-dealkylation sites (tertiary alicyclic amines) is 1. The highest BCUT2D eigenvalue weighted by atomic mass is 79.9. The van der Waals surface area contributed by atoms with Crippen LogP contribution in [0.15, 0.2) is 47.6 Å². The van der Waals surface area contributed by atoms with Crippen molar-refractivity contribution in [1.29, 1.82) is 0 Å². The van der Waals surface area contributed by atoms with E-state index in [1.165, 1.54) is 4.90 Å². The average Bonchev–Trinajstić information content (AvgIpc) is 3.29. The summed E-state index contributed by atoms with van der Waals surface area (Å²) >= 11 is 3.49. The smallest absolute Gasteiger partial charge is 0.328 e. The highest BCUT2D eigenvalue weighted by molar-refractivity contribution is 9.10. The van der Waals surface area contributed by atoms with E-state index < -0.39 is 35.4 Å². The summed E-state index contributed by atoms with van der Waals surface area (Å²) in [5, 5.41) is 1.79. The number of benzene rings is 1. The molecule has 0 saturated carbocycles. The van der Waals surface area contributed by atoms with E-state index in [9.17, 15) is 14.4 Å². The highest BCUT2D eigenvalue weighted by Crippen LogP contribution is 2.35. The lowest BCUT2D eigenvalue weighted by molar-refractivity contribution is -0.158. The zero-order chi connectivity index (χ0) is 27.9. The summed E-state index contributed by atoms with van der Waals surface area (Å²) in [5.41, 5.74) is -0.543. The maximum absolute atomic E-state index is 13.9. The van der Waals surface area contributed by atoms with Crippen LogP contribution in [0.1, 0.15) is 53.4 Å². The number of carbonyl (C=O) groups is 3. The summed E-state index contributed by atoms with van der Waals surface area (Å²) in [7, 11) is 0. The number of aromatic nitrogens is 1. The lowest BCUT2D eigenvalue weighted by Crippen LogP contribution is -2.48. The minimum absolute atomic E-state index is 0.0765. The number of ether oxygens (including phenoxy) is 3. The number of rotatable bonds is 11. The second kappa shape index (κ2) is 13.2. The van der Waals surface area contributed by atoms with Crippen molar-refractivity contribution in [1.82, 2.24) is 9.88 Å². The molecule has 1 fully saturated rings. The van der Waals surface area contributed by atoms with Gasteiger partial charge in [-0.25, -0.2) is 9.78 Å². The summed E-state index contributed by atoms with van der Waals surface area (Å²) < 4.78 is 17.8. The Labute approximate surface area is 232 Å². The van der Waals surface area contributed by atoms with Crippen LogP contribution in [-0.2, 0) is 23.9 Å². The molecule has 1 saturated heterocycles. The molecule has 1 aromatic carbocycles. The van der Waals surface area contributed by atoms with Crippen molar-refractivity contribution in [2.75, 3.05) is 19.8 Å². The Kier molecular flexibility index (Phi) is 10.3. The number of esters is 2. The maximum Gasteiger partial charge on any atom is 0.328 e. The second-order valence-electron chi connectivity index (χ2n) is 10.5. The van der Waals surface area contributed by atoms with Crippen LogP contribution in [0, 0.1) is 11.3 Å². The van der Waals surface area contributed by atoms with E-state index in [1.807, 2.05) is 45.0 Å². The molecule has 2 heterocycles. The molecule has 3 rings (SSSR count). The Morgan fingerprint density at radius 1 is 1.24 bits per heavy atom. The van der Waals surface area contributed by atoms with Crippen LogP contribution in [0.25, 0.3) is 10.8 Å². The molecule has 3 atom stereocenters. The number of unbranched alkanes of at least 4 members (excludes halogenated alkanes) is 1. The molecular weight excluding hydrogens is 552 g/mol. The predicted octanol–water partition coefficient (Wildman–Crippen LogP) is 5.47. The van der Waals surface area contributed by atoms with Gasteiger partial charge in [-0.05, 0) is 48.8 Å². The number of hydrogen-bond donors (Lipinski definition) is 0. The van der Waals surface area contributed by atoms with Gasteiger partial charge in [-0.2, -0.15) is 0 Å². The molecule has 2 aromatic rings. The second-order valence-corrected chi connectivity index (χ2v) is 11.4. The molecule has 0 aliphatic carbocycles. The molecule has 1 aromatic heterocycles. The van der Waals surface area contributed by atoms with Crippen molar-refractivity contribution in [3.8, 4) is 5.88 Å². The molecule has 1 aliphatic heterocycles. The van der Waals surface area contributed by atoms with Crippen LogP contribution in [0.4, 0.5) is 0 Å². The number of hydrogen-bond acceptors (Lipinski definition) is 7. The van der Waals surface area contributed by atoms with E-state index in [1.54, 1.807) is 19.2 Å². The summed E-state index contributed by atoms with van der Waals surface area (Å²) in [6.45, 7) is 11.8. The van der Waals surface area contributed by atoms with Crippen molar-refractivity contribution >= 4 is 44.5 Å². The van der Waals surface area contributed by atoms with Gasteiger partial charge < -0.3 is 19.1 Å². The van der Waals surface area contributed by atoms with Crippen LogP contribution in [0.3, 0.4) is 0 Å². The largest absolute Gasteiger partial charge is 0.472 e. The van der Waals surface area contributed by atoms with E-state index in [0.29, 0.717) is 12.3 Å². The minimum atomic E-state index is -0.817. The highest BCUT2D eigenvalue weighted by Gasteiger charge is 2.46. The number of halogens is 1. The number of pyridine rings is 1. The average molecular weight is 590 g/mol. The van der Waals surface area contributed by atoms with Gasteiger partial charge in [0.1, 0.15) is 12.1 Å². The third kappa shape index (κ3) is 7.56. The van der Waals surface area contributed by atoms with Gasteiger partial charge in [0.25, 0.3) is 0 Å². The lowest BCUT2D eigenvalue weighted by atomic mass is 9.77. The van der Waals surface area contributed by atoms with Crippen molar-refractivity contribution in [3.63, 3.8) is 0 Å². The zero-order valence-corrected chi connectivity index (χ0v) is 24.2. The topological polar surface area (TPSA) is 95.0 Å². The van der Waals surface area contributed by atoms with Crippen LogP contribution < -0.4 is 4.74 Å². The molecule has 0 unspecified atom stereocenters. The fraction of sp³-hybridized carbons (Fsp3) is 0.517. The Hall–Kier alpha value is -2.94. The molecule has 1 aliphatic rings. The van der Waals surface area contributed by atoms with E-state index in [2.05, 4.69) is 27.5 Å². The quantitative estimate of drug-likeness (QED) is 0.195. The molecule has 38 heavy (non-hydrogen) atoms. The number of allylic oxidation sites excluding steroid dienone is 1. The zero-order valence-electron chi connectivity index (χ0n) is 22.6. The Balaban J connectivity index is 1.82. The van der Waals surface area contributed by atoms with E-state index in [4.69, 9.17) is 14.2 Å². The van der Waals surface area contributed by atoms with Crippen LogP contribution in [0.2, 0.25) is 0 Å². The minimum Gasteiger partial charge on any atom is -0.472 e. The van der Waals surface area contributed by atoms with E-state index >= 15 is 0 Å². The summed E-state index contributed by atoms with van der Waals surface area (Å²) in [6, 6.07) is 6.91. The van der Waals surface area contributed by atoms with Gasteiger partial charge in [0.2, 0.25) is 11.8 Å². The molecule has 0 radical (unpaired) electrons. The van der Waals surface area contributed by atoms with Gasteiger partial charge in [-0.15, -0.1) is 6.58 Å². The fourth-order valence-electron chi connectivity index (χ4n) is 4.56. The summed E-state index contributed by atoms with van der Waals surface area (Å²) in [6.07, 6.45) is 4.57. The third-order valence-corrected chi connectivity index (χ3v) is 7.10. The monoisotopic (exact) mass is 588 g/mol. The summed E-state index contributed by atoms with van der Waals surface area (Å²) in [5.74, 6) is -1.47. The van der Waals surface area contributed by atoms with Gasteiger partial charge in [-0.1, -0.05) is 48.8 Å². The maximum atomic E-state index is 13.9. The van der Waals surface area contributed by atoms with Crippen molar-refractivity contribution in [2.24, 2.45) is 11.3 Å². The molecule has 1 amide bonds. The van der Waals surface area contributed by atoms with Crippen LogP contribution in [-0.4, -0.2) is 59.6 Å². The Bertz CT molecular complexity index is 1160. The molecule has 0 spiro atoms. The molecule has 9 heteroatoms. The predicted molar refractivity (Wildman–Crippen MR) is 149 cm³/mol. The normalized spacial score (nSPS) is 18.2. The van der Waals surface area contributed by atoms with Gasteiger partial charge in [0, 0.05) is 22.5 Å². The van der Waals surface area contributed by atoms with Crippen LogP contribution >= 0.6 is 15.9 Å². The number of amides is 1. The number of nitrogens with zero attached hydrogens (tertiary/aromatic N) is 2. The first-order valence-corrected chi connectivity index (χ1v) is 13.8. The van der Waals surface area contributed by atoms with Gasteiger partial charge in [0.15, 0.2) is 0 Å². The first kappa shape index (κ1) is 29.6. The van der Waals surface area contributed by atoms with Gasteiger partial charge in [0.05, 0.1) is 32.1 Å². The molecular formula is C29H37BrN2O6. The number of fused-ring (bicyclic) bond motifs is 1. The van der Waals surface area contributed by atoms with E-state index in [0.717, 1.165) is 21.7 Å². The van der Waals surface area contributed by atoms with Gasteiger partial charge >= 0.3 is 11.9 Å². The van der Waals surface area contributed by atoms with Crippen molar-refractivity contribution in [2.45, 2.75) is 65.5 Å². The molecule has 8 nitrogen and oxygen atoms in total. The van der Waals surface area contributed by atoms with Crippen LogP contribution in [0.5, 0.6) is 5.88 Å². The molecule has 0 bridgehead atoms. The Morgan fingerprint density at radius 3 is 2.68 bits per heavy atom. The summed E-state index contributed by atoms with van der Waals surface area (Å²) in [4.78, 5) is 45.3. The van der Waals surface area contributed by atoms with E-state index in [-0.39, 0.29) is 38.5 Å². The van der Waals surface area contributed by atoms with Crippen molar-refractivity contribution in [3.05, 3.63) is 47.6 Å². The first-order chi connectivity index (χ1) is 18.0. The standard InChI is InChI=1S/C29H37BrN2O6/c1-6-8-9-14-37-25(33)17-23(29(3,4)5)27(34)32-18-21(16-24(32)28(35)36-7-2)38-26-22-15-20(30)11-10-19(22)12-13-31-26/h6,10-13,15,21,23-24H,1,7-9,14,16-18H2,2-5H3/t21-,23-,24+/m1/s1. The van der Waals surface area contributed by atoms with Gasteiger partial charge in [-0.3, -0.25) is 9.59 Å². The molecule has 206 valence electrons. The molecule has 0 N–H and O–H groups in total. The Morgan fingerprint density at radius 2 is 2.00 bits per heavy atom. The third-order valence-electron chi connectivity index (χ3n) is 6.60. The SMILES string of the molecule is C=CCCCOC(=O)C[C@H](C(=O)N1C[C@H](Oc2nccc3ccc(Br)cc23)C[C@H]1C(=O)OCC)C(C)(C)C. The first-order valence-electron chi connectivity index (χ1n) is 13.0. The van der Waals surface area contributed by atoms with Crippen molar-refractivity contribution < 1.29 is 28.6 Å². The lowest BCUT2D eigenvalue weighted by Gasteiger charge is -2.34.